The molecule has 0 bridgehead atoms. The molecule has 0 amide bonds. The summed E-state index contributed by atoms with van der Waals surface area (Å²) in [7, 11) is 1.56. The van der Waals surface area contributed by atoms with Crippen LogP contribution in [0.2, 0.25) is 0 Å². The number of esters is 1. The molecule has 0 radical (unpaired) electrons. The number of carbonyl (C=O) groups is 1. The third-order valence-electron chi connectivity index (χ3n) is 4.67. The van der Waals surface area contributed by atoms with Gasteiger partial charge in [0.25, 0.3) is 0 Å². The van der Waals surface area contributed by atoms with E-state index in [1.165, 1.54) is 39.0 Å². The molecule has 5 heteroatoms. The summed E-state index contributed by atoms with van der Waals surface area (Å²) in [5, 5.41) is 18.5. The second kappa shape index (κ2) is 14.3. The van der Waals surface area contributed by atoms with E-state index >= 15 is 0 Å². The molecular weight excluding hydrogens is 344 g/mol. The summed E-state index contributed by atoms with van der Waals surface area (Å²) >= 11 is 0. The molecule has 1 rings (SSSR count). The Morgan fingerprint density at radius 2 is 1.56 bits per heavy atom. The zero-order valence-electron chi connectivity index (χ0n) is 16.9. The van der Waals surface area contributed by atoms with E-state index in [1.807, 2.05) is 6.07 Å². The van der Waals surface area contributed by atoms with E-state index < -0.39 is 0 Å². The predicted molar refractivity (Wildman–Crippen MR) is 107 cm³/mol. The van der Waals surface area contributed by atoms with Crippen LogP contribution in [0.5, 0.6) is 11.5 Å². The van der Waals surface area contributed by atoms with E-state index in [9.17, 15) is 9.90 Å². The molecule has 1 aromatic carbocycles. The fourth-order valence-corrected chi connectivity index (χ4v) is 3.30. The molecule has 0 saturated heterocycles. The van der Waals surface area contributed by atoms with Gasteiger partial charge in [0.05, 0.1) is 7.11 Å². The highest BCUT2D eigenvalue weighted by molar-refractivity contribution is 5.66. The number of ether oxygens (including phenoxy) is 2. The predicted octanol–water partition coefficient (Wildman–Crippen LogP) is 4.77. The third-order valence-corrected chi connectivity index (χ3v) is 4.67. The smallest absolute Gasteiger partial charge is 0.302 e. The van der Waals surface area contributed by atoms with Crippen LogP contribution in [0.25, 0.3) is 0 Å². The molecule has 0 aliphatic carbocycles. The first-order chi connectivity index (χ1) is 13.0. The molecule has 0 heterocycles. The molecule has 0 saturated carbocycles. The van der Waals surface area contributed by atoms with Gasteiger partial charge in [-0.1, -0.05) is 44.9 Å². The zero-order chi connectivity index (χ0) is 19.9. The minimum Gasteiger partial charge on any atom is -0.508 e. The van der Waals surface area contributed by atoms with Crippen molar-refractivity contribution >= 4 is 5.97 Å². The van der Waals surface area contributed by atoms with Gasteiger partial charge in [0.2, 0.25) is 0 Å². The van der Waals surface area contributed by atoms with Crippen LogP contribution in [0.15, 0.2) is 18.2 Å². The van der Waals surface area contributed by atoms with Gasteiger partial charge in [-0.05, 0) is 37.0 Å². The van der Waals surface area contributed by atoms with E-state index in [4.69, 9.17) is 14.6 Å². The Hall–Kier alpha value is -1.75. The number of phenols is 1. The average Bonchev–Trinajstić information content (AvgIpc) is 2.62. The first-order valence-electron chi connectivity index (χ1n) is 10.2. The molecule has 0 aromatic heterocycles. The summed E-state index contributed by atoms with van der Waals surface area (Å²) in [6, 6.07) is 5.12. The second-order valence-electron chi connectivity index (χ2n) is 7.17. The Balaban J connectivity index is 2.30. The van der Waals surface area contributed by atoms with Crippen molar-refractivity contribution in [2.24, 2.45) is 0 Å². The normalized spacial score (nSPS) is 12.0. The Morgan fingerprint density at radius 1 is 0.963 bits per heavy atom. The van der Waals surface area contributed by atoms with Crippen LogP contribution in [0, 0.1) is 0 Å². The molecule has 0 aliphatic heterocycles. The minimum absolute atomic E-state index is 0.157. The molecule has 1 unspecified atom stereocenters. The molecule has 0 spiro atoms. The number of aliphatic hydroxyl groups excluding tert-OH is 1. The Kier molecular flexibility index (Phi) is 12.4. The van der Waals surface area contributed by atoms with Crippen LogP contribution >= 0.6 is 0 Å². The summed E-state index contributed by atoms with van der Waals surface area (Å²) in [5.74, 6) is 0.491. The maximum atomic E-state index is 11.4. The maximum absolute atomic E-state index is 11.4. The SMILES string of the molecule is COc1cc(O)cc(CC(CCCCCCCCCCCO)OC(C)=O)c1. The number of methoxy groups -OCH3 is 1. The fraction of sp³-hybridized carbons (Fsp3) is 0.682. The number of unbranched alkanes of at least 4 members (excludes halogenated alkanes) is 8. The summed E-state index contributed by atoms with van der Waals surface area (Å²) in [4.78, 5) is 11.4. The topological polar surface area (TPSA) is 76.0 Å². The number of hydrogen-bond acceptors (Lipinski definition) is 5. The number of aromatic hydroxyl groups is 1. The van der Waals surface area contributed by atoms with E-state index in [2.05, 4.69) is 0 Å². The lowest BCUT2D eigenvalue weighted by atomic mass is 10.0. The van der Waals surface area contributed by atoms with Gasteiger partial charge in [0, 0.05) is 26.0 Å². The van der Waals surface area contributed by atoms with Crippen molar-refractivity contribution in [2.75, 3.05) is 13.7 Å². The van der Waals surface area contributed by atoms with Crippen LogP contribution in [-0.4, -0.2) is 36.0 Å². The Morgan fingerprint density at radius 3 is 2.11 bits per heavy atom. The summed E-state index contributed by atoms with van der Waals surface area (Å²) < 4.78 is 10.7. The number of hydrogen-bond donors (Lipinski definition) is 2. The molecule has 1 aromatic rings. The van der Waals surface area contributed by atoms with Crippen LogP contribution < -0.4 is 4.74 Å². The first kappa shape index (κ1) is 23.3. The quantitative estimate of drug-likeness (QED) is 0.339. The number of rotatable bonds is 15. The summed E-state index contributed by atoms with van der Waals surface area (Å²) in [6.07, 6.45) is 11.6. The molecule has 154 valence electrons. The lowest BCUT2D eigenvalue weighted by molar-refractivity contribution is -0.146. The number of carbonyl (C=O) groups excluding carboxylic acids is 1. The Bertz CT molecular complexity index is 529. The first-order valence-corrected chi connectivity index (χ1v) is 10.2. The van der Waals surface area contributed by atoms with Gasteiger partial charge in [-0.2, -0.15) is 0 Å². The largest absolute Gasteiger partial charge is 0.508 e. The standard InChI is InChI=1S/C22H36O5/c1-18(24)27-21(15-19-14-20(25)17-22(16-19)26-2)12-10-8-6-4-3-5-7-9-11-13-23/h14,16-17,21,23,25H,3-13,15H2,1-2H3. The van der Waals surface area contributed by atoms with E-state index in [0.29, 0.717) is 18.8 Å². The van der Waals surface area contributed by atoms with Crippen molar-refractivity contribution in [3.63, 3.8) is 0 Å². The van der Waals surface area contributed by atoms with Crippen LogP contribution in [0.1, 0.15) is 76.7 Å². The molecule has 1 atom stereocenters. The molecule has 2 N–H and O–H groups in total. The van der Waals surface area contributed by atoms with E-state index in [-0.39, 0.29) is 17.8 Å². The second-order valence-corrected chi connectivity index (χ2v) is 7.17. The van der Waals surface area contributed by atoms with Gasteiger partial charge in [0.1, 0.15) is 17.6 Å². The molecule has 0 fully saturated rings. The van der Waals surface area contributed by atoms with Crippen molar-refractivity contribution in [3.05, 3.63) is 23.8 Å². The maximum Gasteiger partial charge on any atom is 0.302 e. The minimum atomic E-state index is -0.269. The van der Waals surface area contributed by atoms with Gasteiger partial charge >= 0.3 is 5.97 Å². The highest BCUT2D eigenvalue weighted by atomic mass is 16.5. The van der Waals surface area contributed by atoms with Crippen LogP contribution in [0.4, 0.5) is 0 Å². The number of aliphatic hydroxyl groups is 1. The number of benzene rings is 1. The monoisotopic (exact) mass is 380 g/mol. The highest BCUT2D eigenvalue weighted by Gasteiger charge is 2.14. The van der Waals surface area contributed by atoms with Crippen molar-refractivity contribution in [3.8, 4) is 11.5 Å². The molecule has 5 nitrogen and oxygen atoms in total. The highest BCUT2D eigenvalue weighted by Crippen LogP contribution is 2.24. The lowest BCUT2D eigenvalue weighted by Crippen LogP contribution is -2.19. The zero-order valence-corrected chi connectivity index (χ0v) is 16.9. The van der Waals surface area contributed by atoms with Crippen molar-refractivity contribution in [1.82, 2.24) is 0 Å². The lowest BCUT2D eigenvalue weighted by Gasteiger charge is -2.18. The van der Waals surface area contributed by atoms with Crippen molar-refractivity contribution in [2.45, 2.75) is 83.7 Å². The van der Waals surface area contributed by atoms with Gasteiger partial charge in [0.15, 0.2) is 0 Å². The summed E-state index contributed by atoms with van der Waals surface area (Å²) in [6.45, 7) is 1.74. The van der Waals surface area contributed by atoms with Gasteiger partial charge in [-0.3, -0.25) is 4.79 Å². The van der Waals surface area contributed by atoms with Crippen LogP contribution in [0.3, 0.4) is 0 Å². The van der Waals surface area contributed by atoms with Gasteiger partial charge in [-0.15, -0.1) is 0 Å². The van der Waals surface area contributed by atoms with Crippen molar-refractivity contribution < 1.29 is 24.5 Å². The fourth-order valence-electron chi connectivity index (χ4n) is 3.30. The third kappa shape index (κ3) is 11.5. The summed E-state index contributed by atoms with van der Waals surface area (Å²) in [5.41, 5.74) is 0.904. The molecular formula is C22H36O5. The average molecular weight is 381 g/mol. The number of phenolic OH excluding ortho intramolecular Hbond substituents is 1. The van der Waals surface area contributed by atoms with Crippen molar-refractivity contribution in [1.29, 1.82) is 0 Å². The molecule has 27 heavy (non-hydrogen) atoms. The van der Waals surface area contributed by atoms with E-state index in [0.717, 1.165) is 37.7 Å². The van der Waals surface area contributed by atoms with Gasteiger partial charge in [-0.25, -0.2) is 0 Å². The van der Waals surface area contributed by atoms with E-state index in [1.54, 1.807) is 19.2 Å². The van der Waals surface area contributed by atoms with Crippen LogP contribution in [-0.2, 0) is 16.0 Å². The van der Waals surface area contributed by atoms with Gasteiger partial charge < -0.3 is 19.7 Å². The Labute approximate surface area is 163 Å². The molecule has 0 aliphatic rings.